The van der Waals surface area contributed by atoms with E-state index in [0.717, 1.165) is 38.2 Å². The molecule has 2 saturated heterocycles. The van der Waals surface area contributed by atoms with Crippen LogP contribution in [0.4, 0.5) is 5.82 Å². The maximum absolute atomic E-state index is 11.0. The number of anilines is 1. The van der Waals surface area contributed by atoms with Gasteiger partial charge in [0, 0.05) is 31.4 Å². The van der Waals surface area contributed by atoms with Gasteiger partial charge in [-0.15, -0.1) is 0 Å². The van der Waals surface area contributed by atoms with Crippen molar-refractivity contribution in [3.8, 4) is 6.07 Å². The molecule has 0 saturated carbocycles. The molecule has 1 aromatic heterocycles. The van der Waals surface area contributed by atoms with Crippen LogP contribution in [0.2, 0.25) is 0 Å². The van der Waals surface area contributed by atoms with E-state index in [-0.39, 0.29) is 0 Å². The lowest BCUT2D eigenvalue weighted by atomic mass is 10.2. The number of carbonyl (C=O) groups is 1. The summed E-state index contributed by atoms with van der Waals surface area (Å²) in [4.78, 5) is 19.5. The lowest BCUT2D eigenvalue weighted by molar-refractivity contribution is -0.121. The minimum atomic E-state index is 0.318. The van der Waals surface area contributed by atoms with Crippen LogP contribution < -0.4 is 4.90 Å². The average molecular weight is 242 g/mol. The number of carbonyl (C=O) groups excluding carboxylic acids is 1. The normalized spacial score (nSPS) is 25.9. The SMILES string of the molecule is N#Cc1ccc(N2CC3CCC(C2)N3C=O)nc1. The van der Waals surface area contributed by atoms with Crippen LogP contribution in [0.15, 0.2) is 18.3 Å². The summed E-state index contributed by atoms with van der Waals surface area (Å²) in [5.41, 5.74) is 0.577. The maximum atomic E-state index is 11.0. The third-order valence-electron chi connectivity index (χ3n) is 3.86. The van der Waals surface area contributed by atoms with Crippen molar-refractivity contribution in [3.05, 3.63) is 23.9 Å². The fraction of sp³-hybridized carbons (Fsp3) is 0.462. The lowest BCUT2D eigenvalue weighted by Gasteiger charge is -2.39. The molecule has 18 heavy (non-hydrogen) atoms. The second-order valence-corrected chi connectivity index (χ2v) is 4.86. The van der Waals surface area contributed by atoms with Gasteiger partial charge in [-0.25, -0.2) is 4.98 Å². The Hall–Kier alpha value is -2.09. The highest BCUT2D eigenvalue weighted by molar-refractivity contribution is 5.52. The first kappa shape index (κ1) is 11.0. The molecule has 2 fully saturated rings. The van der Waals surface area contributed by atoms with Gasteiger partial charge in [-0.05, 0) is 25.0 Å². The molecule has 0 aromatic carbocycles. The van der Waals surface area contributed by atoms with Crippen LogP contribution in [0.3, 0.4) is 0 Å². The van der Waals surface area contributed by atoms with Gasteiger partial charge in [0.2, 0.25) is 6.41 Å². The zero-order valence-corrected chi connectivity index (χ0v) is 9.99. The first-order chi connectivity index (χ1) is 8.81. The number of pyridine rings is 1. The van der Waals surface area contributed by atoms with Crippen LogP contribution in [0.5, 0.6) is 0 Å². The Morgan fingerprint density at radius 2 is 2.06 bits per heavy atom. The molecule has 2 atom stereocenters. The van der Waals surface area contributed by atoms with Crippen LogP contribution in [0.1, 0.15) is 18.4 Å². The molecule has 0 spiro atoms. The summed E-state index contributed by atoms with van der Waals surface area (Å²) in [7, 11) is 0. The van der Waals surface area contributed by atoms with Crippen molar-refractivity contribution in [1.29, 1.82) is 5.26 Å². The Kier molecular flexibility index (Phi) is 2.63. The number of aromatic nitrogens is 1. The third kappa shape index (κ3) is 1.70. The molecule has 5 heteroatoms. The van der Waals surface area contributed by atoms with E-state index in [4.69, 9.17) is 5.26 Å². The van der Waals surface area contributed by atoms with Gasteiger partial charge >= 0.3 is 0 Å². The van der Waals surface area contributed by atoms with Crippen molar-refractivity contribution in [1.82, 2.24) is 9.88 Å². The van der Waals surface area contributed by atoms with Crippen molar-refractivity contribution in [2.45, 2.75) is 24.9 Å². The maximum Gasteiger partial charge on any atom is 0.210 e. The largest absolute Gasteiger partial charge is 0.352 e. The van der Waals surface area contributed by atoms with Gasteiger partial charge in [0.15, 0.2) is 0 Å². The van der Waals surface area contributed by atoms with Crippen LogP contribution in [-0.2, 0) is 4.79 Å². The zero-order valence-electron chi connectivity index (χ0n) is 9.99. The minimum Gasteiger partial charge on any atom is -0.352 e. The molecule has 0 N–H and O–H groups in total. The van der Waals surface area contributed by atoms with Gasteiger partial charge < -0.3 is 9.80 Å². The van der Waals surface area contributed by atoms with E-state index in [1.807, 2.05) is 11.0 Å². The molecule has 5 nitrogen and oxygen atoms in total. The zero-order chi connectivity index (χ0) is 12.5. The highest BCUT2D eigenvalue weighted by Crippen LogP contribution is 2.30. The number of amides is 1. The molecule has 3 heterocycles. The molecule has 1 aromatic rings. The van der Waals surface area contributed by atoms with E-state index < -0.39 is 0 Å². The van der Waals surface area contributed by atoms with E-state index in [1.165, 1.54) is 0 Å². The molecule has 2 aliphatic heterocycles. The number of hydrogen-bond acceptors (Lipinski definition) is 4. The average Bonchev–Trinajstić information content (AvgIpc) is 2.67. The summed E-state index contributed by atoms with van der Waals surface area (Å²) in [5.74, 6) is 0.899. The van der Waals surface area contributed by atoms with Crippen molar-refractivity contribution in [2.24, 2.45) is 0 Å². The first-order valence-corrected chi connectivity index (χ1v) is 6.15. The molecule has 2 aliphatic rings. The Morgan fingerprint density at radius 1 is 1.33 bits per heavy atom. The molecule has 2 unspecified atom stereocenters. The summed E-state index contributed by atoms with van der Waals surface area (Å²) < 4.78 is 0. The first-order valence-electron chi connectivity index (χ1n) is 6.15. The van der Waals surface area contributed by atoms with E-state index in [2.05, 4.69) is 16.0 Å². The Balaban J connectivity index is 1.79. The van der Waals surface area contributed by atoms with Crippen molar-refractivity contribution >= 4 is 12.2 Å². The Morgan fingerprint density at radius 3 is 2.56 bits per heavy atom. The molecule has 1 amide bonds. The summed E-state index contributed by atoms with van der Waals surface area (Å²) in [6, 6.07) is 6.38. The lowest BCUT2D eigenvalue weighted by Crippen LogP contribution is -2.53. The highest BCUT2D eigenvalue weighted by atomic mass is 16.1. The van der Waals surface area contributed by atoms with Gasteiger partial charge in [-0.2, -0.15) is 5.26 Å². The predicted octanol–water partition coefficient (Wildman–Crippen LogP) is 0.763. The molecule has 0 aliphatic carbocycles. The molecular formula is C13H14N4O. The van der Waals surface area contributed by atoms with Gasteiger partial charge in [0.1, 0.15) is 11.9 Å². The third-order valence-corrected chi connectivity index (χ3v) is 3.86. The summed E-state index contributed by atoms with van der Waals surface area (Å²) in [5, 5.41) is 8.75. The van der Waals surface area contributed by atoms with Crippen molar-refractivity contribution in [2.75, 3.05) is 18.0 Å². The van der Waals surface area contributed by atoms with E-state index in [9.17, 15) is 4.79 Å². The monoisotopic (exact) mass is 242 g/mol. The summed E-state index contributed by atoms with van der Waals surface area (Å²) >= 11 is 0. The van der Waals surface area contributed by atoms with E-state index in [0.29, 0.717) is 17.6 Å². The van der Waals surface area contributed by atoms with Crippen LogP contribution >= 0.6 is 0 Å². The topological polar surface area (TPSA) is 60.2 Å². The smallest absolute Gasteiger partial charge is 0.210 e. The number of nitrogens with zero attached hydrogens (tertiary/aromatic N) is 4. The van der Waals surface area contributed by atoms with Crippen LogP contribution in [0.25, 0.3) is 0 Å². The van der Waals surface area contributed by atoms with E-state index >= 15 is 0 Å². The highest BCUT2D eigenvalue weighted by Gasteiger charge is 2.39. The number of rotatable bonds is 2. The summed E-state index contributed by atoms with van der Waals surface area (Å²) in [6.07, 6.45) is 4.74. The quantitative estimate of drug-likeness (QED) is 0.718. The molecule has 3 rings (SSSR count). The Labute approximate surface area is 106 Å². The molecule has 0 radical (unpaired) electrons. The summed E-state index contributed by atoms with van der Waals surface area (Å²) in [6.45, 7) is 1.68. The van der Waals surface area contributed by atoms with Gasteiger partial charge in [-0.3, -0.25) is 4.79 Å². The fourth-order valence-corrected chi connectivity index (χ4v) is 2.93. The fourth-order valence-electron chi connectivity index (χ4n) is 2.93. The van der Waals surface area contributed by atoms with E-state index in [1.54, 1.807) is 12.3 Å². The molecule has 92 valence electrons. The van der Waals surface area contributed by atoms with Crippen LogP contribution in [0, 0.1) is 11.3 Å². The second kappa shape index (κ2) is 4.30. The standard InChI is InChI=1S/C13H14N4O/c14-5-10-1-4-13(15-6-10)16-7-11-2-3-12(8-16)17(11)9-18/h1,4,6,9,11-12H,2-3,7-8H2. The Bertz CT molecular complexity index is 479. The second-order valence-electron chi connectivity index (χ2n) is 4.86. The number of nitriles is 1. The number of piperazine rings is 1. The number of hydrogen-bond donors (Lipinski definition) is 0. The van der Waals surface area contributed by atoms with Gasteiger partial charge in [0.05, 0.1) is 5.56 Å². The molecular weight excluding hydrogens is 228 g/mol. The van der Waals surface area contributed by atoms with Crippen molar-refractivity contribution < 1.29 is 4.79 Å². The van der Waals surface area contributed by atoms with Crippen molar-refractivity contribution in [3.63, 3.8) is 0 Å². The predicted molar refractivity (Wildman–Crippen MR) is 65.9 cm³/mol. The minimum absolute atomic E-state index is 0.318. The molecule has 2 bridgehead atoms. The van der Waals surface area contributed by atoms with Gasteiger partial charge in [0.25, 0.3) is 0 Å². The van der Waals surface area contributed by atoms with Crippen LogP contribution in [-0.4, -0.2) is 41.5 Å². The number of fused-ring (bicyclic) bond motifs is 2. The van der Waals surface area contributed by atoms with Gasteiger partial charge in [-0.1, -0.05) is 0 Å².